The molecule has 98 valence electrons. The van der Waals surface area contributed by atoms with Crippen molar-refractivity contribution in [1.29, 1.82) is 5.26 Å². The van der Waals surface area contributed by atoms with Crippen molar-refractivity contribution in [3.63, 3.8) is 0 Å². The Balaban J connectivity index is 3.37. The number of nitrogens with zero attached hydrogens (tertiary/aromatic N) is 2. The molecular weight excluding hydrogens is 259 g/mol. The number of alkyl halides is 5. The van der Waals surface area contributed by atoms with Crippen LogP contribution in [0.2, 0.25) is 0 Å². The van der Waals surface area contributed by atoms with Crippen LogP contribution in [0.1, 0.15) is 23.2 Å². The highest BCUT2D eigenvalue weighted by Gasteiger charge is 2.34. The lowest BCUT2D eigenvalue weighted by Crippen LogP contribution is -2.20. The number of pyridine rings is 1. The summed E-state index contributed by atoms with van der Waals surface area (Å²) in [6.07, 6.45) is -7.93. The Bertz CT molecular complexity index is 478. The van der Waals surface area contributed by atoms with E-state index in [2.05, 4.69) is 9.72 Å². The van der Waals surface area contributed by atoms with E-state index in [4.69, 9.17) is 5.26 Å². The van der Waals surface area contributed by atoms with Gasteiger partial charge in [0.15, 0.2) is 5.75 Å². The van der Waals surface area contributed by atoms with E-state index < -0.39 is 36.1 Å². The molecule has 1 aromatic heterocycles. The topological polar surface area (TPSA) is 45.9 Å². The van der Waals surface area contributed by atoms with Gasteiger partial charge in [0.05, 0.1) is 18.2 Å². The molecule has 0 saturated carbocycles. The first kappa shape index (κ1) is 14.2. The number of hydrogen-bond acceptors (Lipinski definition) is 3. The number of halogens is 5. The molecule has 0 N–H and O–H groups in total. The third-order valence-electron chi connectivity index (χ3n) is 2.06. The summed E-state index contributed by atoms with van der Waals surface area (Å²) in [4.78, 5) is 3.41. The smallest absolute Gasteiger partial charge is 0.403 e. The zero-order valence-electron chi connectivity index (χ0n) is 9.05. The van der Waals surface area contributed by atoms with Crippen molar-refractivity contribution in [3.05, 3.63) is 23.0 Å². The summed E-state index contributed by atoms with van der Waals surface area (Å²) in [5, 5.41) is 8.49. The fraction of sp³-hybridized carbons (Fsp3) is 0.400. The molecule has 0 bridgehead atoms. The summed E-state index contributed by atoms with van der Waals surface area (Å²) in [6.45, 7) is 1.18. The van der Waals surface area contributed by atoms with Crippen molar-refractivity contribution >= 4 is 0 Å². The van der Waals surface area contributed by atoms with Gasteiger partial charge in [0.1, 0.15) is 0 Å². The minimum Gasteiger partial charge on any atom is -0.403 e. The number of nitriles is 1. The number of aryl methyl sites for hydroxylation is 1. The van der Waals surface area contributed by atoms with Gasteiger partial charge < -0.3 is 4.74 Å². The van der Waals surface area contributed by atoms with Gasteiger partial charge in [0.25, 0.3) is 6.43 Å². The molecule has 0 amide bonds. The first-order valence-corrected chi connectivity index (χ1v) is 4.65. The maximum absolute atomic E-state index is 12.6. The van der Waals surface area contributed by atoms with Crippen LogP contribution in [-0.2, 0) is 6.42 Å². The van der Waals surface area contributed by atoms with E-state index in [1.807, 2.05) is 0 Å². The van der Waals surface area contributed by atoms with Crippen molar-refractivity contribution in [2.24, 2.45) is 0 Å². The van der Waals surface area contributed by atoms with Gasteiger partial charge >= 0.3 is 6.36 Å². The van der Waals surface area contributed by atoms with Crippen LogP contribution in [0.25, 0.3) is 0 Å². The highest BCUT2D eigenvalue weighted by atomic mass is 19.4. The van der Waals surface area contributed by atoms with E-state index in [0.29, 0.717) is 0 Å². The van der Waals surface area contributed by atoms with E-state index in [0.717, 1.165) is 6.20 Å². The highest BCUT2D eigenvalue weighted by molar-refractivity contribution is 5.44. The van der Waals surface area contributed by atoms with Gasteiger partial charge in [-0.05, 0) is 6.92 Å². The average molecular weight is 266 g/mol. The normalized spacial score (nSPS) is 11.4. The van der Waals surface area contributed by atoms with E-state index in [1.165, 1.54) is 13.0 Å². The molecule has 0 spiro atoms. The van der Waals surface area contributed by atoms with Gasteiger partial charge in [-0.1, -0.05) is 0 Å². The minimum atomic E-state index is -5.03. The SMILES string of the molecule is Cc1ncc(C(F)F)c(CC#N)c1OC(F)(F)F. The second-order valence-corrected chi connectivity index (χ2v) is 3.29. The van der Waals surface area contributed by atoms with Gasteiger partial charge in [-0.3, -0.25) is 4.98 Å². The standard InChI is InChI=1S/C10H7F5N2O/c1-5-8(18-10(13,14)15)6(2-3-16)7(4-17-5)9(11)12/h4,9H,2H2,1H3. The predicted molar refractivity (Wildman–Crippen MR) is 49.9 cm³/mol. The van der Waals surface area contributed by atoms with Crippen molar-refractivity contribution in [2.75, 3.05) is 0 Å². The summed E-state index contributed by atoms with van der Waals surface area (Å²) in [5.41, 5.74) is -1.43. The summed E-state index contributed by atoms with van der Waals surface area (Å²) >= 11 is 0. The molecule has 0 radical (unpaired) electrons. The van der Waals surface area contributed by atoms with Crippen LogP contribution in [-0.4, -0.2) is 11.3 Å². The fourth-order valence-corrected chi connectivity index (χ4v) is 1.35. The third-order valence-corrected chi connectivity index (χ3v) is 2.06. The van der Waals surface area contributed by atoms with E-state index >= 15 is 0 Å². The number of rotatable bonds is 3. The van der Waals surface area contributed by atoms with Crippen molar-refractivity contribution in [2.45, 2.75) is 26.1 Å². The lowest BCUT2D eigenvalue weighted by Gasteiger charge is -2.16. The van der Waals surface area contributed by atoms with Gasteiger partial charge in [0, 0.05) is 17.3 Å². The quantitative estimate of drug-likeness (QED) is 0.788. The predicted octanol–water partition coefficient (Wildman–Crippen LogP) is 3.29. The molecule has 1 heterocycles. The lowest BCUT2D eigenvalue weighted by atomic mass is 10.1. The Kier molecular flexibility index (Phi) is 4.06. The molecular formula is C10H7F5N2O. The monoisotopic (exact) mass is 266 g/mol. The van der Waals surface area contributed by atoms with Crippen LogP contribution >= 0.6 is 0 Å². The van der Waals surface area contributed by atoms with Crippen molar-refractivity contribution in [3.8, 4) is 11.8 Å². The third kappa shape index (κ3) is 3.29. The van der Waals surface area contributed by atoms with Gasteiger partial charge in [-0.15, -0.1) is 13.2 Å². The van der Waals surface area contributed by atoms with Crippen LogP contribution < -0.4 is 4.74 Å². The van der Waals surface area contributed by atoms with Gasteiger partial charge in [-0.25, -0.2) is 8.78 Å². The fourth-order valence-electron chi connectivity index (χ4n) is 1.35. The maximum Gasteiger partial charge on any atom is 0.573 e. The van der Waals surface area contributed by atoms with E-state index in [9.17, 15) is 22.0 Å². The Hall–Kier alpha value is -1.91. The Labute approximate surface area is 98.8 Å². The van der Waals surface area contributed by atoms with Crippen molar-refractivity contribution < 1.29 is 26.7 Å². The molecule has 8 heteroatoms. The minimum absolute atomic E-state index is 0.207. The van der Waals surface area contributed by atoms with E-state index in [1.54, 1.807) is 0 Å². The average Bonchev–Trinajstić information content (AvgIpc) is 2.21. The highest BCUT2D eigenvalue weighted by Crippen LogP contribution is 2.34. The number of hydrogen-bond donors (Lipinski definition) is 0. The van der Waals surface area contributed by atoms with Crippen LogP contribution in [0.4, 0.5) is 22.0 Å². The molecule has 1 rings (SSSR count). The van der Waals surface area contributed by atoms with Crippen LogP contribution in [0.5, 0.6) is 5.75 Å². The van der Waals surface area contributed by atoms with Crippen LogP contribution in [0, 0.1) is 18.3 Å². The zero-order chi connectivity index (χ0) is 13.9. The summed E-state index contributed by atoms with van der Waals surface area (Å²) in [6, 6.07) is 1.52. The largest absolute Gasteiger partial charge is 0.573 e. The Morgan fingerprint density at radius 3 is 2.50 bits per heavy atom. The first-order valence-electron chi connectivity index (χ1n) is 4.65. The second kappa shape index (κ2) is 5.16. The molecule has 0 unspecified atom stereocenters. The number of ether oxygens (including phenoxy) is 1. The van der Waals surface area contributed by atoms with Crippen LogP contribution in [0.15, 0.2) is 6.20 Å². The van der Waals surface area contributed by atoms with E-state index in [-0.39, 0.29) is 5.69 Å². The summed E-state index contributed by atoms with van der Waals surface area (Å²) in [5.74, 6) is -0.832. The molecule has 0 saturated heterocycles. The first-order chi connectivity index (χ1) is 8.26. The number of aromatic nitrogens is 1. The molecule has 18 heavy (non-hydrogen) atoms. The summed E-state index contributed by atoms with van der Waals surface area (Å²) in [7, 11) is 0. The van der Waals surface area contributed by atoms with Crippen LogP contribution in [0.3, 0.4) is 0 Å². The Morgan fingerprint density at radius 1 is 1.44 bits per heavy atom. The molecule has 0 fully saturated rings. The molecule has 0 atom stereocenters. The maximum atomic E-state index is 12.6. The molecule has 3 nitrogen and oxygen atoms in total. The zero-order valence-corrected chi connectivity index (χ0v) is 9.05. The van der Waals surface area contributed by atoms with Gasteiger partial charge in [0.2, 0.25) is 0 Å². The van der Waals surface area contributed by atoms with Gasteiger partial charge in [-0.2, -0.15) is 5.26 Å². The summed E-state index contributed by atoms with van der Waals surface area (Å²) < 4.78 is 65.3. The molecule has 0 aliphatic heterocycles. The molecule has 1 aromatic rings. The second-order valence-electron chi connectivity index (χ2n) is 3.29. The molecule has 0 aliphatic rings. The molecule has 0 aliphatic carbocycles. The molecule has 0 aromatic carbocycles. The Morgan fingerprint density at radius 2 is 2.06 bits per heavy atom. The van der Waals surface area contributed by atoms with Crippen molar-refractivity contribution in [1.82, 2.24) is 4.98 Å². The lowest BCUT2D eigenvalue weighted by molar-refractivity contribution is -0.275.